The lowest BCUT2D eigenvalue weighted by Gasteiger charge is -2.15. The molecule has 0 aliphatic heterocycles. The number of amides is 1. The third kappa shape index (κ3) is 6.63. The number of benzene rings is 1. The van der Waals surface area contributed by atoms with E-state index in [0.29, 0.717) is 28.3 Å². The molecule has 2 aromatic rings. The van der Waals surface area contributed by atoms with Crippen LogP contribution in [-0.2, 0) is 9.53 Å². The van der Waals surface area contributed by atoms with E-state index in [0.717, 1.165) is 9.90 Å². The smallest absolute Gasteiger partial charge is 0.230 e. The maximum atomic E-state index is 12.1. The van der Waals surface area contributed by atoms with Gasteiger partial charge in [-0.1, -0.05) is 52.4 Å². The Morgan fingerprint density at radius 2 is 2.20 bits per heavy atom. The van der Waals surface area contributed by atoms with Gasteiger partial charge in [-0.2, -0.15) is 0 Å². The molecule has 1 heterocycles. The van der Waals surface area contributed by atoms with Crippen LogP contribution in [0.2, 0.25) is 10.0 Å². The lowest BCUT2D eigenvalue weighted by Crippen LogP contribution is -2.28. The normalized spacial score (nSPS) is 12.0. The molecule has 0 saturated carbocycles. The molecule has 0 aliphatic carbocycles. The molecule has 2 N–H and O–H groups in total. The molecule has 0 radical (unpaired) electrons. The lowest BCUT2D eigenvalue weighted by atomic mass is 10.1. The number of carbonyl (C=O) groups is 1. The first-order valence-electron chi connectivity index (χ1n) is 7.43. The van der Waals surface area contributed by atoms with Gasteiger partial charge in [0.1, 0.15) is 0 Å². The van der Waals surface area contributed by atoms with Crippen LogP contribution in [0.4, 0.5) is 5.13 Å². The van der Waals surface area contributed by atoms with Crippen molar-refractivity contribution in [2.75, 3.05) is 31.3 Å². The largest absolute Gasteiger partial charge is 0.383 e. The van der Waals surface area contributed by atoms with E-state index in [1.165, 1.54) is 23.1 Å². The number of ether oxygens (including phenoxy) is 1. The highest BCUT2D eigenvalue weighted by molar-refractivity contribution is 8.01. The van der Waals surface area contributed by atoms with E-state index in [1.807, 2.05) is 13.0 Å². The number of nitrogens with one attached hydrogen (secondary N) is 2. The molecule has 1 unspecified atom stereocenters. The molecule has 136 valence electrons. The van der Waals surface area contributed by atoms with Gasteiger partial charge in [-0.3, -0.25) is 4.79 Å². The Morgan fingerprint density at radius 3 is 2.92 bits per heavy atom. The predicted octanol–water partition coefficient (Wildman–Crippen LogP) is 3.87. The molecule has 0 bridgehead atoms. The maximum absolute atomic E-state index is 12.1. The first-order chi connectivity index (χ1) is 12.0. The Balaban J connectivity index is 1.80. The fourth-order valence-electron chi connectivity index (χ4n) is 1.94. The first kappa shape index (κ1) is 20.3. The molecule has 1 aromatic carbocycles. The van der Waals surface area contributed by atoms with Crippen LogP contribution >= 0.6 is 46.3 Å². The van der Waals surface area contributed by atoms with Crippen molar-refractivity contribution in [3.63, 3.8) is 0 Å². The van der Waals surface area contributed by atoms with E-state index in [9.17, 15) is 4.79 Å². The van der Waals surface area contributed by atoms with Gasteiger partial charge in [-0.25, -0.2) is 0 Å². The van der Waals surface area contributed by atoms with Crippen molar-refractivity contribution in [1.29, 1.82) is 0 Å². The monoisotopic (exact) mass is 420 g/mol. The minimum atomic E-state index is -0.210. The first-order valence-corrected chi connectivity index (χ1v) is 9.99. The second kappa shape index (κ2) is 10.2. The Kier molecular flexibility index (Phi) is 8.25. The highest BCUT2D eigenvalue weighted by atomic mass is 35.5. The Morgan fingerprint density at radius 1 is 1.40 bits per heavy atom. The fraction of sp³-hybridized carbons (Fsp3) is 0.400. The van der Waals surface area contributed by atoms with Gasteiger partial charge in [0, 0.05) is 23.7 Å². The summed E-state index contributed by atoms with van der Waals surface area (Å²) in [6, 6.07) is 5.01. The van der Waals surface area contributed by atoms with Crippen LogP contribution in [0.5, 0.6) is 0 Å². The highest BCUT2D eigenvalue weighted by Crippen LogP contribution is 2.27. The maximum Gasteiger partial charge on any atom is 0.230 e. The third-order valence-corrected chi connectivity index (χ3v) is 5.70. The van der Waals surface area contributed by atoms with E-state index in [2.05, 4.69) is 20.8 Å². The number of anilines is 1. The van der Waals surface area contributed by atoms with Crippen LogP contribution in [0.3, 0.4) is 0 Å². The van der Waals surface area contributed by atoms with Crippen LogP contribution in [0.1, 0.15) is 18.5 Å². The van der Waals surface area contributed by atoms with Crippen LogP contribution < -0.4 is 10.6 Å². The van der Waals surface area contributed by atoms with Crippen molar-refractivity contribution in [2.45, 2.75) is 17.3 Å². The number of nitrogens with zero attached hydrogens (tertiary/aromatic N) is 2. The minimum absolute atomic E-state index is 0.104. The third-order valence-electron chi connectivity index (χ3n) is 3.12. The quantitative estimate of drug-likeness (QED) is 0.473. The molecule has 6 nitrogen and oxygen atoms in total. The van der Waals surface area contributed by atoms with Gasteiger partial charge >= 0.3 is 0 Å². The highest BCUT2D eigenvalue weighted by Gasteiger charge is 2.14. The van der Waals surface area contributed by atoms with Gasteiger partial charge in [-0.15, -0.1) is 10.2 Å². The molecule has 0 spiro atoms. The summed E-state index contributed by atoms with van der Waals surface area (Å²) in [6.45, 7) is 3.13. The molecule has 0 saturated heterocycles. The van der Waals surface area contributed by atoms with Crippen molar-refractivity contribution in [1.82, 2.24) is 15.5 Å². The summed E-state index contributed by atoms with van der Waals surface area (Å²) in [4.78, 5) is 12.1. The molecule has 0 aliphatic rings. The van der Waals surface area contributed by atoms with Gasteiger partial charge in [-0.05, 0) is 24.6 Å². The van der Waals surface area contributed by atoms with Crippen LogP contribution in [-0.4, -0.2) is 42.1 Å². The van der Waals surface area contributed by atoms with E-state index in [1.54, 1.807) is 19.2 Å². The summed E-state index contributed by atoms with van der Waals surface area (Å²) in [6.07, 6.45) is 0. The number of rotatable bonds is 9. The van der Waals surface area contributed by atoms with Gasteiger partial charge < -0.3 is 15.4 Å². The molecule has 10 heteroatoms. The lowest BCUT2D eigenvalue weighted by molar-refractivity contribution is -0.119. The number of hydrogen-bond donors (Lipinski definition) is 2. The van der Waals surface area contributed by atoms with Gasteiger partial charge in [0.15, 0.2) is 4.34 Å². The zero-order chi connectivity index (χ0) is 18.2. The number of methoxy groups -OCH3 is 1. The molecule has 1 amide bonds. The van der Waals surface area contributed by atoms with Crippen molar-refractivity contribution < 1.29 is 9.53 Å². The van der Waals surface area contributed by atoms with E-state index >= 15 is 0 Å². The summed E-state index contributed by atoms with van der Waals surface area (Å²) in [5, 5.41) is 15.9. The standard InChI is InChI=1S/C15H18Cl2N4O2S2/c1-9(11-4-3-10(16)7-12(11)17)19-13(22)8-24-15-21-20-14(25-15)18-5-6-23-2/h3-4,7,9H,5-6,8H2,1-2H3,(H,18,20)(H,19,22). The molecule has 0 fully saturated rings. The summed E-state index contributed by atoms with van der Waals surface area (Å²) < 4.78 is 5.69. The molecule has 1 atom stereocenters. The zero-order valence-corrected chi connectivity index (χ0v) is 16.9. The van der Waals surface area contributed by atoms with Crippen LogP contribution in [0, 0.1) is 0 Å². The van der Waals surface area contributed by atoms with Crippen LogP contribution in [0.25, 0.3) is 0 Å². The SMILES string of the molecule is COCCNc1nnc(SCC(=O)NC(C)c2ccc(Cl)cc2Cl)s1. The average molecular weight is 421 g/mol. The van der Waals surface area contributed by atoms with Gasteiger partial charge in [0.2, 0.25) is 11.0 Å². The van der Waals surface area contributed by atoms with E-state index in [4.69, 9.17) is 27.9 Å². The minimum Gasteiger partial charge on any atom is -0.383 e. The summed E-state index contributed by atoms with van der Waals surface area (Å²) in [7, 11) is 1.64. The molecule has 1 aromatic heterocycles. The van der Waals surface area contributed by atoms with Crippen LogP contribution in [0.15, 0.2) is 22.5 Å². The topological polar surface area (TPSA) is 76.1 Å². The molecule has 2 rings (SSSR count). The predicted molar refractivity (Wildman–Crippen MR) is 104 cm³/mol. The van der Waals surface area contributed by atoms with Crippen molar-refractivity contribution in [3.8, 4) is 0 Å². The van der Waals surface area contributed by atoms with Gasteiger partial charge in [0.05, 0.1) is 18.4 Å². The fourth-order valence-corrected chi connectivity index (χ4v) is 4.10. The second-order valence-corrected chi connectivity index (χ2v) is 8.08. The number of aromatic nitrogens is 2. The van der Waals surface area contributed by atoms with Crippen molar-refractivity contribution in [3.05, 3.63) is 33.8 Å². The average Bonchev–Trinajstić information content (AvgIpc) is 3.01. The Hall–Kier alpha value is -1.06. The molecular formula is C15H18Cl2N4O2S2. The van der Waals surface area contributed by atoms with Gasteiger partial charge in [0.25, 0.3) is 0 Å². The second-order valence-electron chi connectivity index (χ2n) is 5.04. The number of hydrogen-bond acceptors (Lipinski definition) is 7. The summed E-state index contributed by atoms with van der Waals surface area (Å²) in [5.74, 6) is 0.148. The Labute approximate surface area is 164 Å². The van der Waals surface area contributed by atoms with Crippen molar-refractivity contribution >= 4 is 57.3 Å². The summed E-state index contributed by atoms with van der Waals surface area (Å²) in [5.41, 5.74) is 0.824. The van der Waals surface area contributed by atoms with Crippen molar-refractivity contribution in [2.24, 2.45) is 0 Å². The number of halogens is 2. The number of thioether (sulfide) groups is 1. The zero-order valence-electron chi connectivity index (χ0n) is 13.7. The van der Waals surface area contributed by atoms with E-state index < -0.39 is 0 Å². The van der Waals surface area contributed by atoms with E-state index in [-0.39, 0.29) is 17.7 Å². The Bertz CT molecular complexity index is 715. The number of carbonyl (C=O) groups excluding carboxylic acids is 1. The molecular weight excluding hydrogens is 403 g/mol. The molecule has 25 heavy (non-hydrogen) atoms. The summed E-state index contributed by atoms with van der Waals surface area (Å²) >= 11 is 14.8.